The van der Waals surface area contributed by atoms with E-state index in [1.165, 1.54) is 0 Å². The molecule has 122 valence electrons. The molecule has 22 heavy (non-hydrogen) atoms. The quantitative estimate of drug-likeness (QED) is 0.813. The summed E-state index contributed by atoms with van der Waals surface area (Å²) in [6.07, 6.45) is 0.601. The lowest BCUT2D eigenvalue weighted by Crippen LogP contribution is -2.42. The summed E-state index contributed by atoms with van der Waals surface area (Å²) in [6, 6.07) is 1.13. The van der Waals surface area contributed by atoms with Gasteiger partial charge in [-0.3, -0.25) is 4.79 Å². The third-order valence-electron chi connectivity index (χ3n) is 3.38. The van der Waals surface area contributed by atoms with Gasteiger partial charge in [0.25, 0.3) is 0 Å². The van der Waals surface area contributed by atoms with Crippen LogP contribution in [0.5, 0.6) is 0 Å². The van der Waals surface area contributed by atoms with Gasteiger partial charge < -0.3 is 9.84 Å². The molecule has 2 rings (SSSR count). The van der Waals surface area contributed by atoms with Gasteiger partial charge in [-0.2, -0.15) is 4.72 Å². The van der Waals surface area contributed by atoms with E-state index in [2.05, 4.69) is 0 Å². The number of ether oxygens (including phenoxy) is 1. The van der Waals surface area contributed by atoms with E-state index in [0.29, 0.717) is 19.6 Å². The van der Waals surface area contributed by atoms with Crippen molar-refractivity contribution in [3.8, 4) is 0 Å². The van der Waals surface area contributed by atoms with E-state index in [1.807, 2.05) is 4.72 Å². The molecule has 0 amide bonds. The highest BCUT2D eigenvalue weighted by molar-refractivity contribution is 7.89. The van der Waals surface area contributed by atoms with Crippen molar-refractivity contribution in [1.82, 2.24) is 4.72 Å². The molecule has 2 N–H and O–H groups in total. The molecule has 2 unspecified atom stereocenters. The van der Waals surface area contributed by atoms with E-state index >= 15 is 0 Å². The van der Waals surface area contributed by atoms with Crippen molar-refractivity contribution in [2.75, 3.05) is 13.2 Å². The fourth-order valence-corrected chi connectivity index (χ4v) is 3.63. The minimum absolute atomic E-state index is 0.00929. The van der Waals surface area contributed by atoms with Crippen molar-refractivity contribution >= 4 is 16.0 Å². The van der Waals surface area contributed by atoms with Crippen LogP contribution in [-0.4, -0.2) is 38.7 Å². The predicted molar refractivity (Wildman–Crippen MR) is 71.6 cm³/mol. The summed E-state index contributed by atoms with van der Waals surface area (Å²) in [6.45, 7) is 0.811. The minimum Gasteiger partial charge on any atom is -0.480 e. The molecule has 1 aliphatic heterocycles. The van der Waals surface area contributed by atoms with Crippen LogP contribution >= 0.6 is 0 Å². The molecule has 1 saturated heterocycles. The van der Waals surface area contributed by atoms with Gasteiger partial charge >= 0.3 is 5.97 Å². The summed E-state index contributed by atoms with van der Waals surface area (Å²) < 4.78 is 58.3. The summed E-state index contributed by atoms with van der Waals surface area (Å²) in [4.78, 5) is 10.0. The van der Waals surface area contributed by atoms with Crippen LogP contribution in [0.1, 0.15) is 12.8 Å². The molecule has 0 saturated carbocycles. The summed E-state index contributed by atoms with van der Waals surface area (Å²) >= 11 is 0. The maximum Gasteiger partial charge on any atom is 0.321 e. The van der Waals surface area contributed by atoms with E-state index in [9.17, 15) is 22.0 Å². The zero-order chi connectivity index (χ0) is 16.3. The highest BCUT2D eigenvalue weighted by Crippen LogP contribution is 2.22. The van der Waals surface area contributed by atoms with Gasteiger partial charge in [-0.25, -0.2) is 17.2 Å². The molecule has 0 bridgehead atoms. The molecule has 0 aromatic heterocycles. The first-order chi connectivity index (χ1) is 10.3. The minimum atomic E-state index is -4.63. The van der Waals surface area contributed by atoms with Crippen LogP contribution in [0.2, 0.25) is 0 Å². The van der Waals surface area contributed by atoms with Gasteiger partial charge in [0.2, 0.25) is 10.0 Å². The lowest BCUT2D eigenvalue weighted by molar-refractivity contribution is -0.139. The predicted octanol–water partition coefficient (Wildman–Crippen LogP) is 1.12. The number of nitrogens with one attached hydrogen (secondary N) is 1. The molecule has 1 aliphatic rings. The number of hydrogen-bond acceptors (Lipinski definition) is 4. The van der Waals surface area contributed by atoms with Gasteiger partial charge in [0, 0.05) is 13.2 Å². The number of carboxylic acid groups (broad SMARTS) is 1. The normalized spacial score (nSPS) is 20.0. The number of hydrogen-bond donors (Lipinski definition) is 2. The van der Waals surface area contributed by atoms with Crippen LogP contribution in [0.3, 0.4) is 0 Å². The van der Waals surface area contributed by atoms with Gasteiger partial charge in [-0.05, 0) is 30.9 Å². The average molecular weight is 335 g/mol. The van der Waals surface area contributed by atoms with Crippen molar-refractivity contribution in [3.63, 3.8) is 0 Å². The topological polar surface area (TPSA) is 92.7 Å². The number of benzene rings is 1. The lowest BCUT2D eigenvalue weighted by atomic mass is 10.00. The number of sulfonamides is 1. The second-order valence-electron chi connectivity index (χ2n) is 5.03. The number of rotatable bonds is 6. The zero-order valence-corrected chi connectivity index (χ0v) is 12.3. The van der Waals surface area contributed by atoms with E-state index in [4.69, 9.17) is 9.84 Å². The van der Waals surface area contributed by atoms with Crippen LogP contribution in [0, 0.1) is 17.6 Å². The molecule has 1 heterocycles. The Balaban J connectivity index is 2.22. The Bertz CT molecular complexity index is 638. The molecule has 0 radical (unpaired) electrons. The smallest absolute Gasteiger partial charge is 0.321 e. The van der Waals surface area contributed by atoms with Gasteiger partial charge in [0.05, 0.1) is 0 Å². The maximum atomic E-state index is 13.6. The van der Waals surface area contributed by atoms with Gasteiger partial charge in [0.15, 0.2) is 4.90 Å². The third kappa shape index (κ3) is 3.79. The number of carboxylic acids is 1. The fourth-order valence-electron chi connectivity index (χ4n) is 2.29. The van der Waals surface area contributed by atoms with E-state index in [1.54, 1.807) is 0 Å². The third-order valence-corrected chi connectivity index (χ3v) is 4.90. The van der Waals surface area contributed by atoms with Gasteiger partial charge in [0.1, 0.15) is 17.7 Å². The summed E-state index contributed by atoms with van der Waals surface area (Å²) in [5.41, 5.74) is 0. The number of aliphatic carboxylic acids is 1. The Morgan fingerprint density at radius 3 is 2.55 bits per heavy atom. The van der Waals surface area contributed by atoms with E-state index in [0.717, 1.165) is 18.2 Å². The Morgan fingerprint density at radius 1 is 1.41 bits per heavy atom. The first kappa shape index (κ1) is 16.8. The summed E-state index contributed by atoms with van der Waals surface area (Å²) in [5, 5.41) is 9.13. The molecule has 2 atom stereocenters. The second kappa shape index (κ2) is 6.67. The summed E-state index contributed by atoms with van der Waals surface area (Å²) in [5.74, 6) is -4.08. The summed E-state index contributed by atoms with van der Waals surface area (Å²) in [7, 11) is -4.63. The van der Waals surface area contributed by atoms with Gasteiger partial charge in [-0.1, -0.05) is 6.07 Å². The van der Waals surface area contributed by atoms with Gasteiger partial charge in [-0.15, -0.1) is 0 Å². The SMILES string of the molecule is O=C(O)C(CC1CCOC1)NS(=O)(=O)c1c(F)cccc1F. The largest absolute Gasteiger partial charge is 0.480 e. The first-order valence-electron chi connectivity index (χ1n) is 6.58. The van der Waals surface area contributed by atoms with Crippen molar-refractivity contribution in [1.29, 1.82) is 0 Å². The van der Waals surface area contributed by atoms with Crippen LogP contribution in [-0.2, 0) is 19.6 Å². The zero-order valence-electron chi connectivity index (χ0n) is 11.5. The molecule has 1 aromatic carbocycles. The molecule has 0 spiro atoms. The molecule has 6 nitrogen and oxygen atoms in total. The standard InChI is InChI=1S/C13H15F2NO5S/c14-9-2-1-3-10(15)12(9)22(19,20)16-11(13(17)18)6-8-4-5-21-7-8/h1-3,8,11,16H,4-7H2,(H,17,18). The molecular weight excluding hydrogens is 320 g/mol. The maximum absolute atomic E-state index is 13.6. The Kier molecular flexibility index (Phi) is 5.09. The molecule has 9 heteroatoms. The Morgan fingerprint density at radius 2 is 2.05 bits per heavy atom. The van der Waals surface area contributed by atoms with Crippen molar-refractivity contribution in [2.45, 2.75) is 23.8 Å². The van der Waals surface area contributed by atoms with Crippen molar-refractivity contribution < 1.29 is 31.8 Å². The Hall–Kier alpha value is -1.58. The number of carbonyl (C=O) groups is 1. The lowest BCUT2D eigenvalue weighted by Gasteiger charge is -2.18. The fraction of sp³-hybridized carbons (Fsp3) is 0.462. The first-order valence-corrected chi connectivity index (χ1v) is 8.06. The second-order valence-corrected chi connectivity index (χ2v) is 6.68. The van der Waals surface area contributed by atoms with Crippen molar-refractivity contribution in [3.05, 3.63) is 29.8 Å². The van der Waals surface area contributed by atoms with Crippen LogP contribution < -0.4 is 4.72 Å². The number of halogens is 2. The highest BCUT2D eigenvalue weighted by Gasteiger charge is 2.32. The average Bonchev–Trinajstić information content (AvgIpc) is 2.90. The van der Waals surface area contributed by atoms with E-state index < -0.39 is 38.6 Å². The Labute approximate surface area is 126 Å². The van der Waals surface area contributed by atoms with Crippen molar-refractivity contribution in [2.24, 2.45) is 5.92 Å². The van der Waals surface area contributed by atoms with E-state index in [-0.39, 0.29) is 12.3 Å². The highest BCUT2D eigenvalue weighted by atomic mass is 32.2. The molecule has 0 aliphatic carbocycles. The molecule has 1 aromatic rings. The molecule has 1 fully saturated rings. The van der Waals surface area contributed by atoms with Crippen LogP contribution in [0.15, 0.2) is 23.1 Å². The van der Waals surface area contributed by atoms with Crippen LogP contribution in [0.4, 0.5) is 8.78 Å². The monoisotopic (exact) mass is 335 g/mol. The molecular formula is C13H15F2NO5S. The van der Waals surface area contributed by atoms with Crippen LogP contribution in [0.25, 0.3) is 0 Å².